The van der Waals surface area contributed by atoms with Gasteiger partial charge in [-0.2, -0.15) is 0 Å². The van der Waals surface area contributed by atoms with E-state index in [1.54, 1.807) is 0 Å². The van der Waals surface area contributed by atoms with Crippen LogP contribution >= 0.6 is 0 Å². The van der Waals surface area contributed by atoms with Crippen molar-refractivity contribution in [3.63, 3.8) is 0 Å². The molecule has 0 radical (unpaired) electrons. The largest absolute Gasteiger partial charge is 0.381 e. The van der Waals surface area contributed by atoms with Crippen molar-refractivity contribution in [3.8, 4) is 0 Å². The molecule has 90 valence electrons. The van der Waals surface area contributed by atoms with Gasteiger partial charge in [0.05, 0.1) is 12.7 Å². The van der Waals surface area contributed by atoms with Gasteiger partial charge in [0.25, 0.3) is 0 Å². The SMILES string of the molecule is CCNC(COC1CCOCC1)C(C)C. The molecular formula is C12H25NO2. The van der Waals surface area contributed by atoms with E-state index in [1.165, 1.54) is 0 Å². The Bertz CT molecular complexity index is 156. The second kappa shape index (κ2) is 7.20. The maximum atomic E-state index is 5.92. The summed E-state index contributed by atoms with van der Waals surface area (Å²) in [4.78, 5) is 0. The monoisotopic (exact) mass is 215 g/mol. The molecule has 0 aromatic heterocycles. The molecule has 0 bridgehead atoms. The third-order valence-corrected chi connectivity index (χ3v) is 2.95. The van der Waals surface area contributed by atoms with Crippen molar-refractivity contribution in [1.29, 1.82) is 0 Å². The van der Waals surface area contributed by atoms with Crippen LogP contribution in [0.25, 0.3) is 0 Å². The van der Waals surface area contributed by atoms with Gasteiger partial charge in [-0.1, -0.05) is 20.8 Å². The summed E-state index contributed by atoms with van der Waals surface area (Å²) in [7, 11) is 0. The van der Waals surface area contributed by atoms with Gasteiger partial charge in [0.1, 0.15) is 0 Å². The highest BCUT2D eigenvalue weighted by atomic mass is 16.5. The molecule has 3 nitrogen and oxygen atoms in total. The van der Waals surface area contributed by atoms with Crippen LogP contribution in [0.3, 0.4) is 0 Å². The molecule has 0 amide bonds. The van der Waals surface area contributed by atoms with Crippen molar-refractivity contribution in [2.75, 3.05) is 26.4 Å². The number of ether oxygens (including phenoxy) is 2. The van der Waals surface area contributed by atoms with Crippen LogP contribution in [-0.4, -0.2) is 38.5 Å². The lowest BCUT2D eigenvalue weighted by atomic mass is 10.1. The first-order valence-electron chi connectivity index (χ1n) is 6.16. The van der Waals surface area contributed by atoms with Crippen molar-refractivity contribution in [1.82, 2.24) is 5.32 Å². The highest BCUT2D eigenvalue weighted by Gasteiger charge is 2.18. The summed E-state index contributed by atoms with van der Waals surface area (Å²) in [6.45, 7) is 10.2. The van der Waals surface area contributed by atoms with E-state index in [2.05, 4.69) is 26.1 Å². The van der Waals surface area contributed by atoms with Crippen molar-refractivity contribution < 1.29 is 9.47 Å². The average molecular weight is 215 g/mol. The van der Waals surface area contributed by atoms with Crippen LogP contribution in [0.2, 0.25) is 0 Å². The van der Waals surface area contributed by atoms with Crippen LogP contribution in [0.4, 0.5) is 0 Å². The summed E-state index contributed by atoms with van der Waals surface area (Å²) in [5.41, 5.74) is 0. The number of likely N-dealkylation sites (N-methyl/N-ethyl adjacent to an activating group) is 1. The molecule has 1 rings (SSSR count). The summed E-state index contributed by atoms with van der Waals surface area (Å²) in [5, 5.41) is 3.47. The van der Waals surface area contributed by atoms with E-state index in [4.69, 9.17) is 9.47 Å². The van der Waals surface area contributed by atoms with Crippen LogP contribution in [0.5, 0.6) is 0 Å². The van der Waals surface area contributed by atoms with Gasteiger partial charge in [0, 0.05) is 19.3 Å². The van der Waals surface area contributed by atoms with Gasteiger partial charge in [-0.3, -0.25) is 0 Å². The molecule has 1 atom stereocenters. The lowest BCUT2D eigenvalue weighted by Crippen LogP contribution is -2.39. The highest BCUT2D eigenvalue weighted by Crippen LogP contribution is 2.12. The van der Waals surface area contributed by atoms with Crippen LogP contribution in [0.1, 0.15) is 33.6 Å². The lowest BCUT2D eigenvalue weighted by molar-refractivity contribution is -0.0411. The Kier molecular flexibility index (Phi) is 6.22. The molecule has 0 aromatic carbocycles. The zero-order valence-electron chi connectivity index (χ0n) is 10.3. The van der Waals surface area contributed by atoms with Crippen LogP contribution in [-0.2, 0) is 9.47 Å². The maximum absolute atomic E-state index is 5.92. The predicted molar refractivity (Wildman–Crippen MR) is 62.1 cm³/mol. The molecule has 0 aliphatic carbocycles. The molecule has 15 heavy (non-hydrogen) atoms. The molecule has 0 saturated carbocycles. The average Bonchev–Trinajstić information content (AvgIpc) is 2.25. The number of hydrogen-bond acceptors (Lipinski definition) is 3. The zero-order chi connectivity index (χ0) is 11.1. The van der Waals surface area contributed by atoms with Crippen molar-refractivity contribution in [2.45, 2.75) is 45.8 Å². The summed E-state index contributed by atoms with van der Waals surface area (Å²) in [6, 6.07) is 0.484. The molecule has 0 aromatic rings. The van der Waals surface area contributed by atoms with E-state index in [0.717, 1.165) is 39.2 Å². The molecule has 1 aliphatic heterocycles. The molecule has 1 unspecified atom stereocenters. The molecule has 1 N–H and O–H groups in total. The standard InChI is InChI=1S/C12H25NO2/c1-4-13-12(10(2)3)9-15-11-5-7-14-8-6-11/h10-13H,4-9H2,1-3H3. The minimum absolute atomic E-state index is 0.415. The van der Waals surface area contributed by atoms with Crippen molar-refractivity contribution >= 4 is 0 Å². The Morgan fingerprint density at radius 1 is 1.33 bits per heavy atom. The van der Waals surface area contributed by atoms with Gasteiger partial charge in [0.2, 0.25) is 0 Å². The highest BCUT2D eigenvalue weighted by molar-refractivity contribution is 4.71. The van der Waals surface area contributed by atoms with Gasteiger partial charge in [-0.25, -0.2) is 0 Å². The molecule has 3 heteroatoms. The molecule has 1 fully saturated rings. The Balaban J connectivity index is 2.19. The molecule has 0 spiro atoms. The summed E-state index contributed by atoms with van der Waals surface area (Å²) in [6.07, 6.45) is 2.52. The normalized spacial score (nSPS) is 20.8. The second-order valence-corrected chi connectivity index (χ2v) is 4.55. The van der Waals surface area contributed by atoms with Gasteiger partial charge < -0.3 is 14.8 Å². The van der Waals surface area contributed by atoms with E-state index in [-0.39, 0.29) is 0 Å². The van der Waals surface area contributed by atoms with Gasteiger partial charge in [-0.15, -0.1) is 0 Å². The summed E-state index contributed by atoms with van der Waals surface area (Å²) in [5.74, 6) is 0.629. The van der Waals surface area contributed by atoms with E-state index in [1.807, 2.05) is 0 Å². The number of rotatable bonds is 6. The minimum Gasteiger partial charge on any atom is -0.381 e. The Morgan fingerprint density at radius 3 is 2.53 bits per heavy atom. The van der Waals surface area contributed by atoms with Gasteiger partial charge in [0.15, 0.2) is 0 Å². The summed E-state index contributed by atoms with van der Waals surface area (Å²) < 4.78 is 11.2. The number of nitrogens with one attached hydrogen (secondary N) is 1. The van der Waals surface area contributed by atoms with E-state index < -0.39 is 0 Å². The number of hydrogen-bond donors (Lipinski definition) is 1. The van der Waals surface area contributed by atoms with E-state index in [9.17, 15) is 0 Å². The van der Waals surface area contributed by atoms with Crippen LogP contribution in [0.15, 0.2) is 0 Å². The first-order chi connectivity index (χ1) is 7.24. The molecule has 1 saturated heterocycles. The minimum atomic E-state index is 0.415. The fourth-order valence-corrected chi connectivity index (χ4v) is 1.83. The fraction of sp³-hybridized carbons (Fsp3) is 1.00. The third-order valence-electron chi connectivity index (χ3n) is 2.95. The Morgan fingerprint density at radius 2 is 2.00 bits per heavy atom. The smallest absolute Gasteiger partial charge is 0.0625 e. The van der Waals surface area contributed by atoms with E-state index in [0.29, 0.717) is 18.1 Å². The Labute approximate surface area is 93.5 Å². The van der Waals surface area contributed by atoms with Crippen LogP contribution < -0.4 is 5.32 Å². The fourth-order valence-electron chi connectivity index (χ4n) is 1.83. The van der Waals surface area contributed by atoms with Gasteiger partial charge in [-0.05, 0) is 25.3 Å². The zero-order valence-corrected chi connectivity index (χ0v) is 10.3. The second-order valence-electron chi connectivity index (χ2n) is 4.55. The molecule has 1 heterocycles. The molecule has 1 aliphatic rings. The quantitative estimate of drug-likeness (QED) is 0.733. The third kappa shape index (κ3) is 4.96. The topological polar surface area (TPSA) is 30.5 Å². The first kappa shape index (κ1) is 12.9. The maximum Gasteiger partial charge on any atom is 0.0625 e. The lowest BCUT2D eigenvalue weighted by Gasteiger charge is -2.27. The predicted octanol–water partition coefficient (Wildman–Crippen LogP) is 1.82. The molecular weight excluding hydrogens is 190 g/mol. The Hall–Kier alpha value is -0.120. The van der Waals surface area contributed by atoms with Crippen molar-refractivity contribution in [2.24, 2.45) is 5.92 Å². The first-order valence-corrected chi connectivity index (χ1v) is 6.16. The van der Waals surface area contributed by atoms with Crippen molar-refractivity contribution in [3.05, 3.63) is 0 Å². The van der Waals surface area contributed by atoms with Crippen LogP contribution in [0, 0.1) is 5.92 Å². The van der Waals surface area contributed by atoms with Gasteiger partial charge >= 0.3 is 0 Å². The summed E-state index contributed by atoms with van der Waals surface area (Å²) >= 11 is 0. The van der Waals surface area contributed by atoms with E-state index >= 15 is 0 Å².